The summed E-state index contributed by atoms with van der Waals surface area (Å²) in [7, 11) is 1.70. The van der Waals surface area contributed by atoms with Crippen molar-refractivity contribution in [3.8, 4) is 5.75 Å². The van der Waals surface area contributed by atoms with Crippen LogP contribution >= 0.6 is 11.6 Å². The summed E-state index contributed by atoms with van der Waals surface area (Å²) in [5, 5.41) is 0. The molecule has 0 amide bonds. The number of aryl methyl sites for hydroxylation is 1. The minimum Gasteiger partial charge on any atom is -0.496 e. The smallest absolute Gasteiger partial charge is 0.122 e. The number of halogens is 1. The maximum atomic E-state index is 5.94. The predicted molar refractivity (Wildman–Crippen MR) is 65.9 cm³/mol. The van der Waals surface area contributed by atoms with E-state index in [1.54, 1.807) is 7.11 Å². The van der Waals surface area contributed by atoms with Gasteiger partial charge < -0.3 is 4.74 Å². The Labute approximate surface area is 96.7 Å². The molecular formula is C13H17ClO. The van der Waals surface area contributed by atoms with Crippen molar-refractivity contribution < 1.29 is 4.74 Å². The summed E-state index contributed by atoms with van der Waals surface area (Å²) in [5.41, 5.74) is 4.80. The molecule has 1 rings (SSSR count). The third-order valence-corrected chi connectivity index (χ3v) is 3.00. The Hall–Kier alpha value is -0.950. The van der Waals surface area contributed by atoms with Gasteiger partial charge in [-0.15, -0.1) is 18.2 Å². The lowest BCUT2D eigenvalue weighted by Gasteiger charge is -2.15. The largest absolute Gasteiger partial charge is 0.496 e. The molecule has 0 aliphatic carbocycles. The molecule has 0 N–H and O–H groups in total. The highest BCUT2D eigenvalue weighted by molar-refractivity contribution is 6.17. The zero-order valence-corrected chi connectivity index (χ0v) is 10.3. The minimum atomic E-state index is 0.547. The summed E-state index contributed by atoms with van der Waals surface area (Å²) in [4.78, 5) is 0. The van der Waals surface area contributed by atoms with Crippen LogP contribution in [0.2, 0.25) is 0 Å². The molecule has 0 bridgehead atoms. The predicted octanol–water partition coefficient (Wildman–Crippen LogP) is 3.78. The van der Waals surface area contributed by atoms with Crippen LogP contribution < -0.4 is 4.74 Å². The Balaban J connectivity index is 3.38. The van der Waals surface area contributed by atoms with Gasteiger partial charge in [-0.1, -0.05) is 6.08 Å². The molecular weight excluding hydrogens is 208 g/mol. The first kappa shape index (κ1) is 12.1. The third kappa shape index (κ3) is 2.35. The van der Waals surface area contributed by atoms with Crippen molar-refractivity contribution >= 4 is 11.6 Å². The molecule has 0 aliphatic heterocycles. The fourth-order valence-corrected chi connectivity index (χ4v) is 2.23. The molecule has 15 heavy (non-hydrogen) atoms. The van der Waals surface area contributed by atoms with Crippen molar-refractivity contribution in [3.05, 3.63) is 41.0 Å². The summed E-state index contributed by atoms with van der Waals surface area (Å²) < 4.78 is 5.37. The van der Waals surface area contributed by atoms with Crippen LogP contribution in [0.1, 0.15) is 22.3 Å². The first-order chi connectivity index (χ1) is 7.15. The van der Waals surface area contributed by atoms with E-state index in [0.717, 1.165) is 12.2 Å². The summed E-state index contributed by atoms with van der Waals surface area (Å²) in [6, 6.07) is 2.05. The van der Waals surface area contributed by atoms with Crippen LogP contribution in [0.15, 0.2) is 18.7 Å². The number of hydrogen-bond donors (Lipinski definition) is 0. The lowest BCUT2D eigenvalue weighted by Crippen LogP contribution is -2.00. The van der Waals surface area contributed by atoms with E-state index >= 15 is 0 Å². The second kappa shape index (κ2) is 5.22. The van der Waals surface area contributed by atoms with E-state index in [9.17, 15) is 0 Å². The Morgan fingerprint density at radius 1 is 1.40 bits per heavy atom. The Morgan fingerprint density at radius 3 is 2.53 bits per heavy atom. The summed E-state index contributed by atoms with van der Waals surface area (Å²) in [6.07, 6.45) is 2.71. The van der Waals surface area contributed by atoms with E-state index in [2.05, 4.69) is 20.4 Å². The molecule has 0 saturated carbocycles. The number of benzene rings is 1. The highest BCUT2D eigenvalue weighted by Crippen LogP contribution is 2.29. The van der Waals surface area contributed by atoms with Gasteiger partial charge in [-0.05, 0) is 43.0 Å². The van der Waals surface area contributed by atoms with Gasteiger partial charge in [0.1, 0.15) is 5.75 Å². The van der Waals surface area contributed by atoms with E-state index in [1.165, 1.54) is 22.3 Å². The number of hydrogen-bond acceptors (Lipinski definition) is 1. The second-order valence-corrected chi connectivity index (χ2v) is 3.87. The first-order valence-electron chi connectivity index (χ1n) is 4.98. The van der Waals surface area contributed by atoms with Gasteiger partial charge in [0.25, 0.3) is 0 Å². The van der Waals surface area contributed by atoms with Crippen molar-refractivity contribution in [2.24, 2.45) is 0 Å². The van der Waals surface area contributed by atoms with Gasteiger partial charge in [0.15, 0.2) is 0 Å². The molecule has 0 aromatic heterocycles. The Bertz CT molecular complexity index is 369. The molecule has 82 valence electrons. The second-order valence-electron chi connectivity index (χ2n) is 3.60. The van der Waals surface area contributed by atoms with Crippen LogP contribution in [0, 0.1) is 13.8 Å². The summed E-state index contributed by atoms with van der Waals surface area (Å²) >= 11 is 5.94. The van der Waals surface area contributed by atoms with Crippen LogP contribution in [0.4, 0.5) is 0 Å². The van der Waals surface area contributed by atoms with Crippen LogP contribution in [0.25, 0.3) is 0 Å². The van der Waals surface area contributed by atoms with Crippen LogP contribution in [0.3, 0.4) is 0 Å². The molecule has 0 aliphatic rings. The first-order valence-corrected chi connectivity index (χ1v) is 5.52. The molecule has 0 atom stereocenters. The standard InChI is InChI=1S/C13H17ClO/c1-5-6-11-10(3)12(8-14)9(2)7-13(11)15-4/h5,7H,1,6,8H2,2-4H3. The summed E-state index contributed by atoms with van der Waals surface area (Å²) in [6.45, 7) is 7.91. The zero-order valence-electron chi connectivity index (χ0n) is 9.56. The van der Waals surface area contributed by atoms with Gasteiger partial charge in [-0.25, -0.2) is 0 Å². The normalized spacial score (nSPS) is 10.1. The molecule has 1 aromatic rings. The SMILES string of the molecule is C=CCc1c(OC)cc(C)c(CCl)c1C. The van der Waals surface area contributed by atoms with Gasteiger partial charge in [0.2, 0.25) is 0 Å². The van der Waals surface area contributed by atoms with Crippen LogP contribution in [-0.4, -0.2) is 7.11 Å². The molecule has 2 heteroatoms. The Kier molecular flexibility index (Phi) is 4.22. The lowest BCUT2D eigenvalue weighted by molar-refractivity contribution is 0.409. The van der Waals surface area contributed by atoms with E-state index in [4.69, 9.17) is 16.3 Å². The number of rotatable bonds is 4. The highest BCUT2D eigenvalue weighted by Gasteiger charge is 2.11. The molecule has 0 unspecified atom stereocenters. The molecule has 1 aromatic carbocycles. The molecule has 0 saturated heterocycles. The van der Waals surface area contributed by atoms with Crippen molar-refractivity contribution in [2.75, 3.05) is 7.11 Å². The molecule has 0 fully saturated rings. The minimum absolute atomic E-state index is 0.547. The lowest BCUT2D eigenvalue weighted by atomic mass is 9.96. The average Bonchev–Trinajstić information content (AvgIpc) is 2.22. The fourth-order valence-electron chi connectivity index (χ4n) is 1.82. The van der Waals surface area contributed by atoms with Crippen molar-refractivity contribution in [1.82, 2.24) is 0 Å². The molecule has 0 heterocycles. The van der Waals surface area contributed by atoms with Gasteiger partial charge in [0, 0.05) is 11.4 Å². The van der Waals surface area contributed by atoms with Gasteiger partial charge in [-0.2, -0.15) is 0 Å². The number of methoxy groups -OCH3 is 1. The molecule has 0 radical (unpaired) electrons. The van der Waals surface area contributed by atoms with Gasteiger partial charge in [0.05, 0.1) is 7.11 Å². The number of alkyl halides is 1. The maximum absolute atomic E-state index is 5.94. The third-order valence-electron chi connectivity index (χ3n) is 2.73. The van der Waals surface area contributed by atoms with Gasteiger partial charge >= 0.3 is 0 Å². The van der Waals surface area contributed by atoms with Crippen molar-refractivity contribution in [3.63, 3.8) is 0 Å². The maximum Gasteiger partial charge on any atom is 0.122 e. The quantitative estimate of drug-likeness (QED) is 0.559. The van der Waals surface area contributed by atoms with Crippen molar-refractivity contribution in [2.45, 2.75) is 26.1 Å². The molecule has 1 nitrogen and oxygen atoms in total. The van der Waals surface area contributed by atoms with Crippen LogP contribution in [-0.2, 0) is 12.3 Å². The van der Waals surface area contributed by atoms with Crippen molar-refractivity contribution in [1.29, 1.82) is 0 Å². The van der Waals surface area contributed by atoms with Gasteiger partial charge in [-0.3, -0.25) is 0 Å². The highest BCUT2D eigenvalue weighted by atomic mass is 35.5. The molecule has 0 spiro atoms. The Morgan fingerprint density at radius 2 is 2.07 bits per heavy atom. The monoisotopic (exact) mass is 224 g/mol. The topological polar surface area (TPSA) is 9.23 Å². The fraction of sp³-hybridized carbons (Fsp3) is 0.385. The van der Waals surface area contributed by atoms with E-state index in [-0.39, 0.29) is 0 Å². The average molecular weight is 225 g/mol. The van der Waals surface area contributed by atoms with E-state index in [0.29, 0.717) is 5.88 Å². The summed E-state index contributed by atoms with van der Waals surface area (Å²) in [5.74, 6) is 1.48. The zero-order chi connectivity index (χ0) is 11.4. The van der Waals surface area contributed by atoms with E-state index in [1.807, 2.05) is 12.1 Å². The number of allylic oxidation sites excluding steroid dienone is 1. The van der Waals surface area contributed by atoms with E-state index < -0.39 is 0 Å². The van der Waals surface area contributed by atoms with Crippen LogP contribution in [0.5, 0.6) is 5.75 Å². The number of ether oxygens (including phenoxy) is 1.